The number of benzene rings is 2. The van der Waals surface area contributed by atoms with Gasteiger partial charge in [0.2, 0.25) is 10.0 Å². The van der Waals surface area contributed by atoms with E-state index >= 15 is 0 Å². The second-order valence-electron chi connectivity index (χ2n) is 8.00. The van der Waals surface area contributed by atoms with E-state index in [1.807, 2.05) is 19.9 Å². The first-order chi connectivity index (χ1) is 15.6. The molecule has 3 unspecified atom stereocenters. The van der Waals surface area contributed by atoms with Gasteiger partial charge in [0, 0.05) is 19.6 Å². The van der Waals surface area contributed by atoms with E-state index in [1.165, 1.54) is 19.1 Å². The molecule has 1 saturated heterocycles. The number of amides is 1. The summed E-state index contributed by atoms with van der Waals surface area (Å²) in [5.74, 6) is -1.15. The third kappa shape index (κ3) is 6.54. The van der Waals surface area contributed by atoms with Gasteiger partial charge in [0.05, 0.1) is 22.8 Å². The van der Waals surface area contributed by atoms with Crippen molar-refractivity contribution in [1.29, 1.82) is 0 Å². The summed E-state index contributed by atoms with van der Waals surface area (Å²) < 4.78 is 39.0. The van der Waals surface area contributed by atoms with Gasteiger partial charge in [-0.15, -0.1) is 0 Å². The molecule has 1 aliphatic rings. The first-order valence-corrected chi connectivity index (χ1v) is 12.4. The van der Waals surface area contributed by atoms with Gasteiger partial charge in [0.1, 0.15) is 4.90 Å². The van der Waals surface area contributed by atoms with Crippen molar-refractivity contribution < 1.29 is 27.5 Å². The number of rotatable bonds is 7. The van der Waals surface area contributed by atoms with E-state index in [9.17, 15) is 18.0 Å². The number of nitrogens with zero attached hydrogens (tertiary/aromatic N) is 1. The largest absolute Gasteiger partial charge is 0.449 e. The number of nitrogens with one attached hydrogen (secondary N) is 1. The summed E-state index contributed by atoms with van der Waals surface area (Å²) in [7, 11) is -4.00. The van der Waals surface area contributed by atoms with Gasteiger partial charge in [-0.1, -0.05) is 41.9 Å². The van der Waals surface area contributed by atoms with Crippen LogP contribution in [-0.4, -0.2) is 56.6 Å². The molecule has 0 radical (unpaired) electrons. The zero-order valence-electron chi connectivity index (χ0n) is 18.7. The number of ether oxygens (including phenoxy) is 2. The average molecular weight is 495 g/mol. The number of sulfonamides is 1. The smallest absolute Gasteiger partial charge is 0.338 e. The molecular weight excluding hydrogens is 468 g/mol. The van der Waals surface area contributed by atoms with Gasteiger partial charge >= 0.3 is 5.97 Å². The predicted octanol–water partition coefficient (Wildman–Crippen LogP) is 3.00. The van der Waals surface area contributed by atoms with E-state index in [0.29, 0.717) is 13.1 Å². The van der Waals surface area contributed by atoms with Gasteiger partial charge in [0.15, 0.2) is 6.10 Å². The van der Waals surface area contributed by atoms with Crippen LogP contribution in [0.5, 0.6) is 0 Å². The molecule has 0 aliphatic carbocycles. The Morgan fingerprint density at radius 3 is 2.42 bits per heavy atom. The Morgan fingerprint density at radius 2 is 1.79 bits per heavy atom. The van der Waals surface area contributed by atoms with E-state index in [1.54, 1.807) is 29.2 Å². The molecule has 0 bridgehead atoms. The highest BCUT2D eigenvalue weighted by atomic mass is 35.5. The Bertz CT molecular complexity index is 1100. The third-order valence-corrected chi connectivity index (χ3v) is 7.01. The summed E-state index contributed by atoms with van der Waals surface area (Å²) >= 11 is 6.11. The second kappa shape index (κ2) is 10.6. The maximum absolute atomic E-state index is 12.8. The number of morpholine rings is 1. The molecule has 1 N–H and O–H groups in total. The molecule has 8 nitrogen and oxygen atoms in total. The molecule has 33 heavy (non-hydrogen) atoms. The number of hydrogen-bond acceptors (Lipinski definition) is 6. The molecule has 1 amide bonds. The summed E-state index contributed by atoms with van der Waals surface area (Å²) in [6.45, 7) is 6.10. The molecular formula is C23H27ClN2O6S. The number of halogens is 1. The Hall–Kier alpha value is -2.46. The van der Waals surface area contributed by atoms with E-state index in [2.05, 4.69) is 4.72 Å². The summed E-state index contributed by atoms with van der Waals surface area (Å²) in [6, 6.07) is 12.8. The highest BCUT2D eigenvalue weighted by molar-refractivity contribution is 7.89. The number of carbonyl (C=O) groups excluding carboxylic acids is 2. The van der Waals surface area contributed by atoms with Crippen LogP contribution >= 0.6 is 11.6 Å². The molecule has 0 spiro atoms. The fourth-order valence-electron chi connectivity index (χ4n) is 3.58. The van der Waals surface area contributed by atoms with E-state index in [-0.39, 0.29) is 40.1 Å². The van der Waals surface area contributed by atoms with Crippen molar-refractivity contribution in [3.63, 3.8) is 0 Å². The first kappa shape index (κ1) is 25.2. The van der Waals surface area contributed by atoms with Crippen molar-refractivity contribution in [2.75, 3.05) is 13.1 Å². The SMILES string of the molecule is CC1CN(C(=O)C(C)OC(=O)c2ccc(Cl)c(S(=O)(=O)NCc3ccccc3)c2)CC(C)O1. The molecule has 1 heterocycles. The monoisotopic (exact) mass is 494 g/mol. The summed E-state index contributed by atoms with van der Waals surface area (Å²) in [6.07, 6.45) is -1.28. The van der Waals surface area contributed by atoms with Crippen molar-refractivity contribution in [2.24, 2.45) is 0 Å². The Balaban J connectivity index is 1.70. The molecule has 3 rings (SSSR count). The molecule has 2 aromatic rings. The van der Waals surface area contributed by atoms with E-state index in [4.69, 9.17) is 21.1 Å². The third-order valence-electron chi connectivity index (χ3n) is 5.13. The molecule has 10 heteroatoms. The van der Waals surface area contributed by atoms with Crippen LogP contribution in [0, 0.1) is 0 Å². The predicted molar refractivity (Wildman–Crippen MR) is 123 cm³/mol. The molecule has 1 aliphatic heterocycles. The van der Waals surface area contributed by atoms with E-state index < -0.39 is 22.1 Å². The molecule has 0 aromatic heterocycles. The minimum atomic E-state index is -4.00. The lowest BCUT2D eigenvalue weighted by atomic mass is 10.2. The summed E-state index contributed by atoms with van der Waals surface area (Å²) in [5.41, 5.74) is 0.745. The van der Waals surface area contributed by atoms with Gasteiger partial charge in [-0.2, -0.15) is 0 Å². The second-order valence-corrected chi connectivity index (χ2v) is 10.1. The quantitative estimate of drug-likeness (QED) is 0.594. The van der Waals surface area contributed by atoms with Gasteiger partial charge < -0.3 is 14.4 Å². The molecule has 1 fully saturated rings. The van der Waals surface area contributed by atoms with Crippen molar-refractivity contribution in [2.45, 2.75) is 50.5 Å². The van der Waals surface area contributed by atoms with Crippen molar-refractivity contribution >= 4 is 33.5 Å². The highest BCUT2D eigenvalue weighted by Crippen LogP contribution is 2.24. The Kier molecular flexibility index (Phi) is 8.12. The standard InChI is InChI=1S/C23H27ClN2O6S/c1-15-13-26(14-16(2)31-15)22(27)17(3)32-23(28)19-9-10-20(24)21(11-19)33(29,30)25-12-18-7-5-4-6-8-18/h4-11,15-17,25H,12-14H2,1-3H3. The lowest BCUT2D eigenvalue weighted by Crippen LogP contribution is -2.51. The van der Waals surface area contributed by atoms with Crippen LogP contribution in [0.3, 0.4) is 0 Å². The molecule has 3 atom stereocenters. The minimum absolute atomic E-state index is 0.0251. The van der Waals surface area contributed by atoms with Crippen LogP contribution in [0.15, 0.2) is 53.4 Å². The van der Waals surface area contributed by atoms with Crippen LogP contribution in [-0.2, 0) is 30.8 Å². The van der Waals surface area contributed by atoms with Gasteiger partial charge in [-0.3, -0.25) is 4.79 Å². The first-order valence-electron chi connectivity index (χ1n) is 10.5. The molecule has 178 valence electrons. The fourth-order valence-corrected chi connectivity index (χ4v) is 5.12. The van der Waals surface area contributed by atoms with Crippen LogP contribution in [0.2, 0.25) is 5.02 Å². The lowest BCUT2D eigenvalue weighted by Gasteiger charge is -2.36. The summed E-state index contributed by atoms with van der Waals surface area (Å²) in [4.78, 5) is 26.7. The molecule has 2 aromatic carbocycles. The lowest BCUT2D eigenvalue weighted by molar-refractivity contribution is -0.151. The van der Waals surface area contributed by atoms with E-state index in [0.717, 1.165) is 11.6 Å². The maximum Gasteiger partial charge on any atom is 0.338 e. The topological polar surface area (TPSA) is 102 Å². The Morgan fingerprint density at radius 1 is 1.15 bits per heavy atom. The van der Waals surface area contributed by atoms with Crippen LogP contribution < -0.4 is 4.72 Å². The van der Waals surface area contributed by atoms with Crippen LogP contribution in [0.4, 0.5) is 0 Å². The van der Waals surface area contributed by atoms with Gasteiger partial charge in [-0.25, -0.2) is 17.9 Å². The van der Waals surface area contributed by atoms with Crippen molar-refractivity contribution in [1.82, 2.24) is 9.62 Å². The summed E-state index contributed by atoms with van der Waals surface area (Å²) in [5, 5.41) is -0.0347. The fraction of sp³-hybridized carbons (Fsp3) is 0.391. The van der Waals surface area contributed by atoms with Crippen LogP contribution in [0.1, 0.15) is 36.7 Å². The van der Waals surface area contributed by atoms with Gasteiger partial charge in [-0.05, 0) is 44.5 Å². The Labute approximate surface area is 198 Å². The minimum Gasteiger partial charge on any atom is -0.449 e. The number of hydrogen-bond donors (Lipinski definition) is 1. The zero-order valence-corrected chi connectivity index (χ0v) is 20.2. The van der Waals surface area contributed by atoms with Crippen LogP contribution in [0.25, 0.3) is 0 Å². The average Bonchev–Trinajstić information content (AvgIpc) is 2.77. The van der Waals surface area contributed by atoms with Crippen molar-refractivity contribution in [3.8, 4) is 0 Å². The maximum atomic E-state index is 12.8. The zero-order chi connectivity index (χ0) is 24.2. The number of carbonyl (C=O) groups is 2. The number of esters is 1. The normalized spacial score (nSPS) is 19.7. The molecule has 0 saturated carbocycles. The van der Waals surface area contributed by atoms with Gasteiger partial charge in [0.25, 0.3) is 5.91 Å². The highest BCUT2D eigenvalue weighted by Gasteiger charge is 2.31. The van der Waals surface area contributed by atoms with Crippen molar-refractivity contribution in [3.05, 3.63) is 64.7 Å².